The Balaban J connectivity index is 1.33. The van der Waals surface area contributed by atoms with Crippen LogP contribution in [0.25, 0.3) is 16.9 Å². The summed E-state index contributed by atoms with van der Waals surface area (Å²) in [6.07, 6.45) is 4.08. The number of fused-ring (bicyclic) bond motifs is 1. The van der Waals surface area contributed by atoms with E-state index in [1.165, 1.54) is 6.42 Å². The molecule has 5 nitrogen and oxygen atoms in total. The van der Waals surface area contributed by atoms with Gasteiger partial charge in [0.2, 0.25) is 0 Å². The van der Waals surface area contributed by atoms with Crippen molar-refractivity contribution in [2.75, 3.05) is 25.0 Å². The van der Waals surface area contributed by atoms with Crippen LogP contribution in [0.3, 0.4) is 0 Å². The minimum atomic E-state index is 0.498. The Hall–Kier alpha value is -1.83. The molecule has 3 heterocycles. The Morgan fingerprint density at radius 1 is 1.06 bits per heavy atom. The molecule has 0 spiro atoms. The summed E-state index contributed by atoms with van der Waals surface area (Å²) in [6, 6.07) is 15.6. The fraction of sp³-hybridized carbons (Fsp3) is 0.280. The summed E-state index contributed by atoms with van der Waals surface area (Å²) in [7, 11) is 0. The van der Waals surface area contributed by atoms with Crippen LogP contribution in [0.15, 0.2) is 59.2 Å². The monoisotopic (exact) mass is 577 g/mol. The first-order valence-electron chi connectivity index (χ1n) is 11.2. The predicted molar refractivity (Wildman–Crippen MR) is 144 cm³/mol. The van der Waals surface area contributed by atoms with Crippen molar-refractivity contribution < 1.29 is 0 Å². The molecule has 0 bridgehead atoms. The maximum Gasteiger partial charge on any atom is 0.172 e. The largest absolute Gasteiger partial charge is 0.370 e. The highest BCUT2D eigenvalue weighted by Crippen LogP contribution is 2.31. The molecule has 0 amide bonds. The van der Waals surface area contributed by atoms with Crippen molar-refractivity contribution >= 4 is 62.2 Å². The smallest absolute Gasteiger partial charge is 0.172 e. The van der Waals surface area contributed by atoms with Crippen LogP contribution >= 0.6 is 50.7 Å². The van der Waals surface area contributed by atoms with Gasteiger partial charge >= 0.3 is 0 Å². The molecule has 1 aliphatic rings. The fourth-order valence-corrected chi connectivity index (χ4v) is 5.45. The Morgan fingerprint density at radius 3 is 2.74 bits per heavy atom. The van der Waals surface area contributed by atoms with Gasteiger partial charge in [0.05, 0.1) is 26.4 Å². The number of hydrogen-bond donors (Lipinski definition) is 1. The van der Waals surface area contributed by atoms with Gasteiger partial charge in [-0.25, -0.2) is 4.98 Å². The maximum atomic E-state index is 6.46. The molecule has 176 valence electrons. The molecule has 0 saturated carbocycles. The van der Waals surface area contributed by atoms with Crippen LogP contribution in [0.2, 0.25) is 15.1 Å². The van der Waals surface area contributed by atoms with Gasteiger partial charge in [-0.15, -0.1) is 0 Å². The topological polar surface area (TPSA) is 45.5 Å². The van der Waals surface area contributed by atoms with Crippen LogP contribution in [0.4, 0.5) is 5.82 Å². The first-order chi connectivity index (χ1) is 16.5. The number of halogens is 4. The number of rotatable bonds is 6. The van der Waals surface area contributed by atoms with Crippen LogP contribution < -0.4 is 5.32 Å². The van der Waals surface area contributed by atoms with Gasteiger partial charge in [-0.2, -0.15) is 9.61 Å². The Kier molecular flexibility index (Phi) is 7.32. The highest BCUT2D eigenvalue weighted by molar-refractivity contribution is 9.10. The lowest BCUT2D eigenvalue weighted by Gasteiger charge is -2.33. The van der Waals surface area contributed by atoms with E-state index in [0.717, 1.165) is 65.4 Å². The van der Waals surface area contributed by atoms with E-state index < -0.39 is 0 Å². The summed E-state index contributed by atoms with van der Waals surface area (Å²) < 4.78 is 2.67. The highest BCUT2D eigenvalue weighted by Gasteiger charge is 2.22. The zero-order valence-electron chi connectivity index (χ0n) is 18.3. The summed E-state index contributed by atoms with van der Waals surface area (Å²) in [5.41, 5.74) is 3.53. The van der Waals surface area contributed by atoms with Gasteiger partial charge in [-0.3, -0.25) is 4.90 Å². The van der Waals surface area contributed by atoms with Crippen molar-refractivity contribution in [3.63, 3.8) is 0 Å². The summed E-state index contributed by atoms with van der Waals surface area (Å²) in [6.45, 7) is 3.68. The molecule has 0 aliphatic carbocycles. The Morgan fingerprint density at radius 2 is 1.88 bits per heavy atom. The zero-order chi connectivity index (χ0) is 23.7. The average molecular weight is 580 g/mol. The van der Waals surface area contributed by atoms with Gasteiger partial charge < -0.3 is 5.32 Å². The van der Waals surface area contributed by atoms with Crippen molar-refractivity contribution in [2.45, 2.75) is 19.4 Å². The van der Waals surface area contributed by atoms with Crippen LogP contribution in [-0.4, -0.2) is 39.1 Å². The minimum absolute atomic E-state index is 0.498. The minimum Gasteiger partial charge on any atom is -0.370 e. The molecule has 2 aromatic carbocycles. The zero-order valence-corrected chi connectivity index (χ0v) is 22.2. The molecule has 1 atom stereocenters. The predicted octanol–water partition coefficient (Wildman–Crippen LogP) is 7.44. The first kappa shape index (κ1) is 23.9. The van der Waals surface area contributed by atoms with E-state index in [0.29, 0.717) is 21.0 Å². The van der Waals surface area contributed by atoms with Crippen LogP contribution in [-0.2, 0) is 6.54 Å². The second-order valence-electron chi connectivity index (χ2n) is 8.57. The normalized spacial score (nSPS) is 16.8. The van der Waals surface area contributed by atoms with Gasteiger partial charge in [0, 0.05) is 36.3 Å². The fourth-order valence-electron chi connectivity index (χ4n) is 4.49. The summed E-state index contributed by atoms with van der Waals surface area (Å²) in [5.74, 6) is 1.39. The first-order valence-corrected chi connectivity index (χ1v) is 13.1. The summed E-state index contributed by atoms with van der Waals surface area (Å²) in [5, 5.41) is 10.1. The number of nitrogens with one attached hydrogen (secondary N) is 1. The highest BCUT2D eigenvalue weighted by atomic mass is 79.9. The number of aromatic nitrogens is 3. The molecule has 1 unspecified atom stereocenters. The van der Waals surface area contributed by atoms with Crippen molar-refractivity contribution in [1.82, 2.24) is 19.5 Å². The lowest BCUT2D eigenvalue weighted by Crippen LogP contribution is -2.37. The van der Waals surface area contributed by atoms with Crippen molar-refractivity contribution in [3.8, 4) is 11.3 Å². The van der Waals surface area contributed by atoms with Crippen molar-refractivity contribution in [1.29, 1.82) is 0 Å². The summed E-state index contributed by atoms with van der Waals surface area (Å²) >= 11 is 22.7. The third-order valence-corrected chi connectivity index (χ3v) is 7.93. The molecule has 2 aromatic heterocycles. The van der Waals surface area contributed by atoms with Gasteiger partial charge in [0.1, 0.15) is 5.82 Å². The van der Waals surface area contributed by atoms with Gasteiger partial charge in [0.15, 0.2) is 5.65 Å². The molecule has 5 rings (SSSR count). The maximum absolute atomic E-state index is 6.46. The lowest BCUT2D eigenvalue weighted by molar-refractivity contribution is 0.173. The molecule has 34 heavy (non-hydrogen) atoms. The standard InChI is InChI=1S/C25H23BrCl3N5/c26-19-13-31-34-23(11-22(32-25(19)34)18-7-1-2-8-20(18)27)30-12-16-5-4-10-33(14-16)15-17-6-3-9-21(28)24(17)29/h1-3,6-9,11,13,16,30H,4-5,10,12,14-15H2. The lowest BCUT2D eigenvalue weighted by atomic mass is 9.97. The molecule has 9 heteroatoms. The Labute approximate surface area is 222 Å². The number of likely N-dealkylation sites (tertiary alicyclic amines) is 1. The molecule has 1 fully saturated rings. The van der Waals surface area contributed by atoms with Gasteiger partial charge in [-0.1, -0.05) is 65.1 Å². The molecule has 1 saturated heterocycles. The Bertz CT molecular complexity index is 1330. The van der Waals surface area contributed by atoms with Gasteiger partial charge in [-0.05, 0) is 58.9 Å². The van der Waals surface area contributed by atoms with Crippen LogP contribution in [0.1, 0.15) is 18.4 Å². The number of nitrogens with zero attached hydrogens (tertiary/aromatic N) is 4. The van der Waals surface area contributed by atoms with Crippen molar-refractivity contribution in [2.24, 2.45) is 5.92 Å². The summed E-state index contributed by atoms with van der Waals surface area (Å²) in [4.78, 5) is 7.25. The van der Waals surface area contributed by atoms with E-state index >= 15 is 0 Å². The number of anilines is 1. The molecule has 0 radical (unpaired) electrons. The molecule has 1 aliphatic heterocycles. The second kappa shape index (κ2) is 10.4. The van der Waals surface area contributed by atoms with E-state index in [2.05, 4.69) is 37.3 Å². The van der Waals surface area contributed by atoms with E-state index in [9.17, 15) is 0 Å². The van der Waals surface area contributed by atoms with E-state index in [1.54, 1.807) is 6.20 Å². The van der Waals surface area contributed by atoms with E-state index in [4.69, 9.17) is 39.8 Å². The van der Waals surface area contributed by atoms with E-state index in [-0.39, 0.29) is 0 Å². The number of hydrogen-bond acceptors (Lipinski definition) is 4. The quantitative estimate of drug-likeness (QED) is 0.258. The third kappa shape index (κ3) is 5.07. The molecule has 1 N–H and O–H groups in total. The number of benzene rings is 2. The third-order valence-electron chi connectivity index (χ3n) is 6.18. The SMILES string of the molecule is Clc1ccccc1-c1cc(NCC2CCCN(Cc3cccc(Cl)c3Cl)C2)n2ncc(Br)c2n1. The second-order valence-corrected chi connectivity index (χ2v) is 10.6. The van der Waals surface area contributed by atoms with E-state index in [1.807, 2.05) is 47.0 Å². The molecular weight excluding hydrogens is 557 g/mol. The van der Waals surface area contributed by atoms with Crippen molar-refractivity contribution in [3.05, 3.63) is 79.8 Å². The number of piperidine rings is 1. The molecule has 4 aromatic rings. The van der Waals surface area contributed by atoms with Crippen LogP contribution in [0.5, 0.6) is 0 Å². The van der Waals surface area contributed by atoms with Gasteiger partial charge in [0.25, 0.3) is 0 Å². The average Bonchev–Trinajstić information content (AvgIpc) is 3.22. The molecular formula is C25H23BrCl3N5. The van der Waals surface area contributed by atoms with Crippen LogP contribution in [0, 0.1) is 5.92 Å².